The summed E-state index contributed by atoms with van der Waals surface area (Å²) in [5, 5.41) is 0. The molecule has 0 spiro atoms. The van der Waals surface area contributed by atoms with E-state index in [-0.39, 0.29) is 11.4 Å². The quantitative estimate of drug-likeness (QED) is 0.793. The lowest BCUT2D eigenvalue weighted by molar-refractivity contribution is -0.0346. The molecule has 2 atom stereocenters. The molecular weight excluding hydrogens is 362 g/mol. The van der Waals surface area contributed by atoms with Gasteiger partial charge in [0.1, 0.15) is 5.75 Å². The third-order valence-corrected chi connectivity index (χ3v) is 6.75. The van der Waals surface area contributed by atoms with Crippen molar-refractivity contribution in [1.82, 2.24) is 14.8 Å². The maximum absolute atomic E-state index is 13.5. The van der Waals surface area contributed by atoms with Gasteiger partial charge < -0.3 is 14.5 Å². The molecule has 5 nitrogen and oxygen atoms in total. The van der Waals surface area contributed by atoms with Gasteiger partial charge in [-0.1, -0.05) is 12.1 Å². The van der Waals surface area contributed by atoms with Crippen molar-refractivity contribution in [3.63, 3.8) is 0 Å². The first kappa shape index (κ1) is 19.9. The van der Waals surface area contributed by atoms with E-state index in [1.807, 2.05) is 30.5 Å². The van der Waals surface area contributed by atoms with E-state index in [0.29, 0.717) is 11.6 Å². The first-order valence-corrected chi connectivity index (χ1v) is 10.6. The molecule has 154 valence electrons. The van der Waals surface area contributed by atoms with Crippen LogP contribution in [0.5, 0.6) is 5.75 Å². The predicted molar refractivity (Wildman–Crippen MR) is 114 cm³/mol. The Morgan fingerprint density at radius 3 is 2.90 bits per heavy atom. The summed E-state index contributed by atoms with van der Waals surface area (Å²) in [6.07, 6.45) is 8.75. The SMILES string of the molecule is COc1cccc(Cc2cncc(C(=O)N3CCC[C@@H]4N(C)CCC[C@@]43C)c2)c1. The number of aromatic nitrogens is 1. The molecular formula is C24H31N3O2. The molecule has 29 heavy (non-hydrogen) atoms. The van der Waals surface area contributed by atoms with Crippen LogP contribution in [0.1, 0.15) is 54.1 Å². The van der Waals surface area contributed by atoms with Crippen LogP contribution in [-0.4, -0.2) is 59.5 Å². The van der Waals surface area contributed by atoms with E-state index in [9.17, 15) is 4.79 Å². The maximum atomic E-state index is 13.5. The van der Waals surface area contributed by atoms with Gasteiger partial charge in [-0.3, -0.25) is 9.78 Å². The van der Waals surface area contributed by atoms with Gasteiger partial charge in [0.25, 0.3) is 5.91 Å². The van der Waals surface area contributed by atoms with Crippen LogP contribution in [0.2, 0.25) is 0 Å². The average Bonchev–Trinajstić information content (AvgIpc) is 2.73. The van der Waals surface area contributed by atoms with E-state index in [1.54, 1.807) is 13.3 Å². The summed E-state index contributed by atoms with van der Waals surface area (Å²) >= 11 is 0. The number of hydrogen-bond acceptors (Lipinski definition) is 4. The summed E-state index contributed by atoms with van der Waals surface area (Å²) in [4.78, 5) is 22.5. The fraction of sp³-hybridized carbons (Fsp3) is 0.500. The van der Waals surface area contributed by atoms with Gasteiger partial charge >= 0.3 is 0 Å². The molecule has 2 aliphatic rings. The number of hydrogen-bond donors (Lipinski definition) is 0. The Labute approximate surface area is 173 Å². The van der Waals surface area contributed by atoms with Crippen molar-refractivity contribution in [3.05, 3.63) is 59.4 Å². The van der Waals surface area contributed by atoms with Crippen LogP contribution >= 0.6 is 0 Å². The molecule has 1 aromatic carbocycles. The second-order valence-corrected chi connectivity index (χ2v) is 8.67. The number of methoxy groups -OCH3 is 1. The van der Waals surface area contributed by atoms with Gasteiger partial charge in [0.15, 0.2) is 0 Å². The van der Waals surface area contributed by atoms with Crippen molar-refractivity contribution in [3.8, 4) is 5.75 Å². The minimum absolute atomic E-state index is 0.0921. The predicted octanol–water partition coefficient (Wildman–Crippen LogP) is 3.77. The first-order chi connectivity index (χ1) is 14.0. The summed E-state index contributed by atoms with van der Waals surface area (Å²) in [5.74, 6) is 0.962. The highest BCUT2D eigenvalue weighted by atomic mass is 16.5. The van der Waals surface area contributed by atoms with E-state index in [4.69, 9.17) is 4.74 Å². The second kappa shape index (κ2) is 8.15. The molecule has 2 fully saturated rings. The van der Waals surface area contributed by atoms with Crippen molar-refractivity contribution in [2.45, 2.75) is 50.6 Å². The van der Waals surface area contributed by atoms with Gasteiger partial charge in [-0.25, -0.2) is 0 Å². The largest absolute Gasteiger partial charge is 0.497 e. The van der Waals surface area contributed by atoms with Crippen LogP contribution in [0.3, 0.4) is 0 Å². The molecule has 0 bridgehead atoms. The van der Waals surface area contributed by atoms with E-state index in [1.165, 1.54) is 6.42 Å². The van der Waals surface area contributed by atoms with E-state index in [2.05, 4.69) is 34.8 Å². The minimum Gasteiger partial charge on any atom is -0.497 e. The number of carbonyl (C=O) groups excluding carboxylic acids is 1. The van der Waals surface area contributed by atoms with Crippen molar-refractivity contribution in [1.29, 1.82) is 0 Å². The van der Waals surface area contributed by atoms with Crippen molar-refractivity contribution >= 4 is 5.91 Å². The summed E-state index contributed by atoms with van der Waals surface area (Å²) < 4.78 is 5.32. The van der Waals surface area contributed by atoms with Crippen molar-refractivity contribution in [2.75, 3.05) is 27.2 Å². The summed E-state index contributed by atoms with van der Waals surface area (Å²) in [6.45, 7) is 4.23. The molecule has 2 aliphatic heterocycles. The smallest absolute Gasteiger partial charge is 0.255 e. The number of carbonyl (C=O) groups is 1. The number of piperidine rings is 2. The first-order valence-electron chi connectivity index (χ1n) is 10.6. The van der Waals surface area contributed by atoms with Crippen molar-refractivity contribution in [2.24, 2.45) is 0 Å². The number of likely N-dealkylation sites (N-methyl/N-ethyl adjacent to an activating group) is 1. The highest BCUT2D eigenvalue weighted by molar-refractivity contribution is 5.94. The summed E-state index contributed by atoms with van der Waals surface area (Å²) in [5.41, 5.74) is 2.80. The van der Waals surface area contributed by atoms with E-state index in [0.717, 1.165) is 55.6 Å². The van der Waals surface area contributed by atoms with Gasteiger partial charge in [0, 0.05) is 25.0 Å². The van der Waals surface area contributed by atoms with Crippen LogP contribution in [0, 0.1) is 0 Å². The number of likely N-dealkylation sites (tertiary alicyclic amines) is 2. The molecule has 2 saturated heterocycles. The lowest BCUT2D eigenvalue weighted by atomic mass is 9.76. The Morgan fingerprint density at radius 1 is 1.21 bits per heavy atom. The summed E-state index contributed by atoms with van der Waals surface area (Å²) in [7, 11) is 3.88. The van der Waals surface area contributed by atoms with Gasteiger partial charge in [-0.15, -0.1) is 0 Å². The van der Waals surface area contributed by atoms with Crippen molar-refractivity contribution < 1.29 is 9.53 Å². The summed E-state index contributed by atoms with van der Waals surface area (Å²) in [6, 6.07) is 10.5. The number of benzene rings is 1. The fourth-order valence-corrected chi connectivity index (χ4v) is 5.24. The number of fused-ring (bicyclic) bond motifs is 1. The Morgan fingerprint density at radius 2 is 2.07 bits per heavy atom. The molecule has 0 radical (unpaired) electrons. The fourth-order valence-electron chi connectivity index (χ4n) is 5.24. The molecule has 1 amide bonds. The lowest BCUT2D eigenvalue weighted by Gasteiger charge is -2.55. The topological polar surface area (TPSA) is 45.7 Å². The minimum atomic E-state index is -0.0921. The molecule has 0 aliphatic carbocycles. The van der Waals surface area contributed by atoms with Gasteiger partial charge in [-0.05, 0) is 81.9 Å². The highest BCUT2D eigenvalue weighted by Gasteiger charge is 2.48. The van der Waals surface area contributed by atoms with Crippen LogP contribution in [-0.2, 0) is 6.42 Å². The highest BCUT2D eigenvalue weighted by Crippen LogP contribution is 2.39. The Balaban J connectivity index is 1.56. The molecule has 4 rings (SSSR count). The lowest BCUT2D eigenvalue weighted by Crippen LogP contribution is -2.66. The molecule has 2 aromatic rings. The third kappa shape index (κ3) is 3.88. The number of pyridine rings is 1. The normalized spacial score (nSPS) is 24.8. The average molecular weight is 394 g/mol. The van der Waals surface area contributed by atoms with E-state index >= 15 is 0 Å². The van der Waals surface area contributed by atoms with Crippen LogP contribution in [0.25, 0.3) is 0 Å². The molecule has 1 aromatic heterocycles. The van der Waals surface area contributed by atoms with Gasteiger partial charge in [0.2, 0.25) is 0 Å². The number of nitrogens with zero attached hydrogens (tertiary/aromatic N) is 3. The third-order valence-electron chi connectivity index (χ3n) is 6.75. The molecule has 0 unspecified atom stereocenters. The van der Waals surface area contributed by atoms with Crippen LogP contribution in [0.4, 0.5) is 0 Å². The number of rotatable bonds is 4. The Hall–Kier alpha value is -2.40. The van der Waals surface area contributed by atoms with Gasteiger partial charge in [0.05, 0.1) is 18.2 Å². The molecule has 0 N–H and O–H groups in total. The Bertz CT molecular complexity index is 884. The Kier molecular flexibility index (Phi) is 5.59. The monoisotopic (exact) mass is 393 g/mol. The van der Waals surface area contributed by atoms with Crippen LogP contribution in [0.15, 0.2) is 42.7 Å². The zero-order valence-electron chi connectivity index (χ0n) is 17.7. The van der Waals surface area contributed by atoms with E-state index < -0.39 is 0 Å². The maximum Gasteiger partial charge on any atom is 0.255 e. The molecule has 5 heteroatoms. The number of amides is 1. The zero-order chi connectivity index (χ0) is 20.4. The number of ether oxygens (including phenoxy) is 1. The second-order valence-electron chi connectivity index (χ2n) is 8.67. The molecule has 0 saturated carbocycles. The standard InChI is InChI=1S/C24H31N3O2/c1-24-10-6-11-26(2)22(24)9-5-12-27(24)23(28)20-14-19(16-25-17-20)13-18-7-4-8-21(15-18)29-3/h4,7-8,14-17,22H,5-6,9-13H2,1-3H3/t22-,24-/m0/s1. The zero-order valence-corrected chi connectivity index (χ0v) is 17.7. The van der Waals surface area contributed by atoms with Crippen LogP contribution < -0.4 is 4.74 Å². The van der Waals surface area contributed by atoms with Gasteiger partial charge in [-0.2, -0.15) is 0 Å². The molecule has 3 heterocycles.